The van der Waals surface area contributed by atoms with Gasteiger partial charge in [-0.2, -0.15) is 0 Å². The van der Waals surface area contributed by atoms with Gasteiger partial charge in [0.2, 0.25) is 0 Å². The number of aryl methyl sites for hydroxylation is 1. The van der Waals surface area contributed by atoms with Gasteiger partial charge in [-0.05, 0) is 125 Å². The zero-order valence-corrected chi connectivity index (χ0v) is 33.4. The highest BCUT2D eigenvalue weighted by atomic mass is 16.5. The monoisotopic (exact) mass is 778 g/mol. The van der Waals surface area contributed by atoms with Crippen LogP contribution in [0.2, 0.25) is 0 Å². The Morgan fingerprint density at radius 3 is 0.912 bits per heavy atom. The van der Waals surface area contributed by atoms with Crippen LogP contribution in [0.3, 0.4) is 0 Å². The van der Waals surface area contributed by atoms with Crippen molar-refractivity contribution in [3.63, 3.8) is 0 Å². The Hall–Kier alpha value is -5.71. The molecule has 0 radical (unpaired) electrons. The average Bonchev–Trinajstić information content (AvgIpc) is 3.21. The fraction of sp³-hybridized carbons (Fsp3) is 0.413. The molecule has 9 N–H and O–H groups in total. The lowest BCUT2D eigenvalue weighted by atomic mass is 10.0. The van der Waals surface area contributed by atoms with Gasteiger partial charge in [-0.15, -0.1) is 0 Å². The first-order chi connectivity index (χ1) is 27.8. The Labute approximate surface area is 338 Å². The van der Waals surface area contributed by atoms with Gasteiger partial charge in [0.25, 0.3) is 0 Å². The molecule has 0 bridgehead atoms. The number of unbranched alkanes of at least 4 members (excludes halogenated alkanes) is 10. The quantitative estimate of drug-likeness (QED) is 0.0171. The molecule has 11 heteroatoms. The molecule has 0 saturated carbocycles. The van der Waals surface area contributed by atoms with E-state index in [4.69, 9.17) is 57.1 Å². The standard InChI is InChI=1S/C46H62N6O5/c47-44(48)36-17-15-35(16-18-36)14-8-2-1-3-9-29-55-41-32-42(56-30-12-6-4-10-27-53-39-23-19-37(20-24-39)45(49)50)34-43(33-41)57-31-13-7-5-11-28-54-40-25-21-38(22-26-40)46(51)52/h15-26,32-34H,1-14,27-31H2,(H3,47,48)(H3,49,50)(H3,51,52). The van der Waals surface area contributed by atoms with Crippen molar-refractivity contribution in [3.05, 3.63) is 113 Å². The number of hydrogen-bond acceptors (Lipinski definition) is 8. The Morgan fingerprint density at radius 1 is 0.333 bits per heavy atom. The van der Waals surface area contributed by atoms with Crippen molar-refractivity contribution in [3.8, 4) is 28.7 Å². The van der Waals surface area contributed by atoms with E-state index in [2.05, 4.69) is 12.1 Å². The van der Waals surface area contributed by atoms with Crippen molar-refractivity contribution in [1.82, 2.24) is 0 Å². The number of hydrogen-bond donors (Lipinski definition) is 6. The number of nitrogen functional groups attached to an aromatic ring is 3. The second kappa shape index (κ2) is 25.4. The van der Waals surface area contributed by atoms with Crippen LogP contribution in [0.15, 0.2) is 91.0 Å². The van der Waals surface area contributed by atoms with Crippen molar-refractivity contribution in [2.75, 3.05) is 33.0 Å². The first-order valence-corrected chi connectivity index (χ1v) is 20.4. The van der Waals surface area contributed by atoms with E-state index in [1.807, 2.05) is 54.6 Å². The summed E-state index contributed by atoms with van der Waals surface area (Å²) in [5.74, 6) is 4.06. The summed E-state index contributed by atoms with van der Waals surface area (Å²) in [6, 6.07) is 28.4. The highest BCUT2D eigenvalue weighted by Crippen LogP contribution is 2.29. The second-order valence-electron chi connectivity index (χ2n) is 14.2. The summed E-state index contributed by atoms with van der Waals surface area (Å²) in [7, 11) is 0. The van der Waals surface area contributed by atoms with Crippen LogP contribution in [0.4, 0.5) is 0 Å². The van der Waals surface area contributed by atoms with Gasteiger partial charge in [-0.3, -0.25) is 16.2 Å². The maximum Gasteiger partial charge on any atom is 0.126 e. The predicted molar refractivity (Wildman–Crippen MR) is 230 cm³/mol. The molecular weight excluding hydrogens is 717 g/mol. The van der Waals surface area contributed by atoms with Gasteiger partial charge < -0.3 is 40.9 Å². The Kier molecular flexibility index (Phi) is 19.6. The van der Waals surface area contributed by atoms with E-state index in [9.17, 15) is 0 Å². The fourth-order valence-electron chi connectivity index (χ4n) is 6.14. The fourth-order valence-corrected chi connectivity index (χ4v) is 6.14. The molecule has 0 spiro atoms. The van der Waals surface area contributed by atoms with Gasteiger partial charge in [0.1, 0.15) is 46.3 Å². The van der Waals surface area contributed by atoms with Crippen LogP contribution in [0, 0.1) is 16.2 Å². The summed E-state index contributed by atoms with van der Waals surface area (Å²) in [6.07, 6.45) is 14.5. The Bertz CT molecular complexity index is 1560. The number of benzene rings is 4. The van der Waals surface area contributed by atoms with E-state index in [0.29, 0.717) is 44.2 Å². The van der Waals surface area contributed by atoms with E-state index >= 15 is 0 Å². The minimum absolute atomic E-state index is 0.0535. The molecule has 0 amide bonds. The number of nitrogens with one attached hydrogen (secondary N) is 3. The van der Waals surface area contributed by atoms with Crippen LogP contribution in [0.25, 0.3) is 0 Å². The normalized spacial score (nSPS) is 10.8. The summed E-state index contributed by atoms with van der Waals surface area (Å²) < 4.78 is 30.2. The maximum atomic E-state index is 7.54. The summed E-state index contributed by atoms with van der Waals surface area (Å²) in [6.45, 7) is 3.15. The van der Waals surface area contributed by atoms with Crippen LogP contribution in [0.1, 0.15) is 106 Å². The van der Waals surface area contributed by atoms with E-state index in [-0.39, 0.29) is 17.5 Å². The smallest absolute Gasteiger partial charge is 0.126 e. The molecule has 0 atom stereocenters. The molecule has 0 aliphatic heterocycles. The number of ether oxygens (including phenoxy) is 5. The molecule has 0 aliphatic rings. The summed E-state index contributed by atoms with van der Waals surface area (Å²) in [5, 5.41) is 22.6. The molecule has 0 heterocycles. The minimum Gasteiger partial charge on any atom is -0.494 e. The lowest BCUT2D eigenvalue weighted by Crippen LogP contribution is -2.10. The van der Waals surface area contributed by atoms with Crippen LogP contribution in [-0.4, -0.2) is 50.5 Å². The lowest BCUT2D eigenvalue weighted by Gasteiger charge is -2.14. The summed E-state index contributed by atoms with van der Waals surface area (Å²) in [5.41, 5.74) is 20.0. The molecule has 4 aromatic carbocycles. The van der Waals surface area contributed by atoms with Crippen molar-refractivity contribution in [1.29, 1.82) is 16.2 Å². The molecular formula is C46H62N6O5. The molecule has 306 valence electrons. The molecule has 4 aromatic rings. The summed E-state index contributed by atoms with van der Waals surface area (Å²) >= 11 is 0. The van der Waals surface area contributed by atoms with E-state index in [1.165, 1.54) is 12.0 Å². The molecule has 57 heavy (non-hydrogen) atoms. The maximum absolute atomic E-state index is 7.54. The minimum atomic E-state index is 0.0535. The van der Waals surface area contributed by atoms with Gasteiger partial charge in [0.05, 0.1) is 33.0 Å². The third kappa shape index (κ3) is 17.7. The molecule has 11 nitrogen and oxygen atoms in total. The summed E-state index contributed by atoms with van der Waals surface area (Å²) in [4.78, 5) is 0. The largest absolute Gasteiger partial charge is 0.494 e. The van der Waals surface area contributed by atoms with E-state index < -0.39 is 0 Å². The molecule has 0 fully saturated rings. The van der Waals surface area contributed by atoms with Gasteiger partial charge in [-0.1, -0.05) is 43.5 Å². The predicted octanol–water partition coefficient (Wildman–Crippen LogP) is 9.15. The van der Waals surface area contributed by atoms with Gasteiger partial charge >= 0.3 is 0 Å². The van der Waals surface area contributed by atoms with Gasteiger partial charge in [0, 0.05) is 34.9 Å². The second-order valence-corrected chi connectivity index (χ2v) is 14.2. The van der Waals surface area contributed by atoms with Crippen LogP contribution in [0.5, 0.6) is 28.7 Å². The zero-order chi connectivity index (χ0) is 40.5. The SMILES string of the molecule is N=C(N)c1ccc(CCCCCCCOc2cc(OCCCCCCOc3ccc(C(=N)N)cc3)cc(OCCCCCCOc3ccc(C(=N)N)cc3)c2)cc1. The third-order valence-corrected chi connectivity index (χ3v) is 9.48. The highest BCUT2D eigenvalue weighted by molar-refractivity contribution is 5.95. The number of amidine groups is 3. The Morgan fingerprint density at radius 2 is 0.596 bits per heavy atom. The van der Waals surface area contributed by atoms with Crippen molar-refractivity contribution >= 4 is 17.5 Å². The van der Waals surface area contributed by atoms with Crippen molar-refractivity contribution < 1.29 is 23.7 Å². The van der Waals surface area contributed by atoms with Crippen molar-refractivity contribution in [2.45, 2.75) is 89.9 Å². The topological polar surface area (TPSA) is 196 Å². The lowest BCUT2D eigenvalue weighted by molar-refractivity contribution is 0.270. The molecule has 0 saturated heterocycles. The van der Waals surface area contributed by atoms with Crippen LogP contribution < -0.4 is 40.9 Å². The Balaban J connectivity index is 1.13. The van der Waals surface area contributed by atoms with Gasteiger partial charge in [-0.25, -0.2) is 0 Å². The average molecular weight is 779 g/mol. The van der Waals surface area contributed by atoms with E-state index in [0.717, 1.165) is 118 Å². The third-order valence-electron chi connectivity index (χ3n) is 9.48. The first-order valence-electron chi connectivity index (χ1n) is 20.4. The van der Waals surface area contributed by atoms with Crippen molar-refractivity contribution in [2.24, 2.45) is 17.2 Å². The van der Waals surface area contributed by atoms with Gasteiger partial charge in [0.15, 0.2) is 0 Å². The van der Waals surface area contributed by atoms with E-state index in [1.54, 1.807) is 24.3 Å². The molecule has 0 aromatic heterocycles. The zero-order valence-electron chi connectivity index (χ0n) is 33.4. The molecule has 0 unspecified atom stereocenters. The highest BCUT2D eigenvalue weighted by Gasteiger charge is 2.07. The molecule has 0 aliphatic carbocycles. The van der Waals surface area contributed by atoms with Crippen LogP contribution in [-0.2, 0) is 6.42 Å². The number of rotatable bonds is 30. The first kappa shape index (κ1) is 44.0. The molecule has 4 rings (SSSR count). The van der Waals surface area contributed by atoms with Crippen LogP contribution >= 0.6 is 0 Å². The number of nitrogens with two attached hydrogens (primary N) is 3.